The Morgan fingerprint density at radius 2 is 2.26 bits per heavy atom. The molecule has 1 heterocycles. The molecular weight excluding hydrogens is 243 g/mol. The van der Waals surface area contributed by atoms with Gasteiger partial charge in [-0.15, -0.1) is 0 Å². The van der Waals surface area contributed by atoms with E-state index < -0.39 is 0 Å². The first-order valence-electron chi connectivity index (χ1n) is 6.84. The largest absolute Gasteiger partial charge is 0.342 e. The van der Waals surface area contributed by atoms with Crippen LogP contribution in [0.15, 0.2) is 24.3 Å². The molecule has 1 saturated heterocycles. The number of hydrogen-bond acceptors (Lipinski definition) is 2. The van der Waals surface area contributed by atoms with Crippen molar-refractivity contribution in [2.24, 2.45) is 17.6 Å². The SMILES string of the molecule is CC(Cc1ccccc1F)C(=O)N1CCC(CN)C1. The Morgan fingerprint density at radius 3 is 2.89 bits per heavy atom. The molecule has 1 aromatic rings. The molecule has 0 radical (unpaired) electrons. The zero-order valence-electron chi connectivity index (χ0n) is 11.3. The molecule has 1 amide bonds. The third-order valence-electron chi connectivity index (χ3n) is 3.84. The van der Waals surface area contributed by atoms with Crippen LogP contribution in [0.3, 0.4) is 0 Å². The highest BCUT2D eigenvalue weighted by molar-refractivity contribution is 5.79. The van der Waals surface area contributed by atoms with Gasteiger partial charge in [0.25, 0.3) is 0 Å². The summed E-state index contributed by atoms with van der Waals surface area (Å²) in [6, 6.07) is 6.65. The van der Waals surface area contributed by atoms with Crippen LogP contribution in [-0.2, 0) is 11.2 Å². The van der Waals surface area contributed by atoms with Crippen molar-refractivity contribution >= 4 is 5.91 Å². The Morgan fingerprint density at radius 1 is 1.53 bits per heavy atom. The van der Waals surface area contributed by atoms with Crippen LogP contribution in [0, 0.1) is 17.7 Å². The maximum absolute atomic E-state index is 13.6. The van der Waals surface area contributed by atoms with Crippen molar-refractivity contribution in [2.45, 2.75) is 19.8 Å². The fraction of sp³-hybridized carbons (Fsp3) is 0.533. The van der Waals surface area contributed by atoms with Crippen molar-refractivity contribution in [3.8, 4) is 0 Å². The van der Waals surface area contributed by atoms with Crippen LogP contribution in [-0.4, -0.2) is 30.4 Å². The third-order valence-corrected chi connectivity index (χ3v) is 3.84. The average molecular weight is 264 g/mol. The molecule has 0 spiro atoms. The fourth-order valence-electron chi connectivity index (χ4n) is 2.62. The molecular formula is C15H21FN2O. The summed E-state index contributed by atoms with van der Waals surface area (Å²) >= 11 is 0. The van der Waals surface area contributed by atoms with Crippen molar-refractivity contribution in [1.82, 2.24) is 4.90 Å². The molecule has 2 rings (SSSR count). The lowest BCUT2D eigenvalue weighted by atomic mass is 9.99. The van der Waals surface area contributed by atoms with Crippen LogP contribution >= 0.6 is 0 Å². The molecule has 1 aliphatic rings. The topological polar surface area (TPSA) is 46.3 Å². The van der Waals surface area contributed by atoms with E-state index in [0.29, 0.717) is 24.4 Å². The summed E-state index contributed by atoms with van der Waals surface area (Å²) in [5, 5.41) is 0. The van der Waals surface area contributed by atoms with Crippen molar-refractivity contribution in [2.75, 3.05) is 19.6 Å². The van der Waals surface area contributed by atoms with E-state index in [2.05, 4.69) is 0 Å². The summed E-state index contributed by atoms with van der Waals surface area (Å²) in [7, 11) is 0. The van der Waals surface area contributed by atoms with E-state index in [1.807, 2.05) is 11.8 Å². The van der Waals surface area contributed by atoms with Gasteiger partial charge < -0.3 is 10.6 Å². The van der Waals surface area contributed by atoms with E-state index in [0.717, 1.165) is 19.5 Å². The van der Waals surface area contributed by atoms with Gasteiger partial charge in [0, 0.05) is 19.0 Å². The number of hydrogen-bond donors (Lipinski definition) is 1. The van der Waals surface area contributed by atoms with Gasteiger partial charge >= 0.3 is 0 Å². The van der Waals surface area contributed by atoms with Gasteiger partial charge in [-0.2, -0.15) is 0 Å². The van der Waals surface area contributed by atoms with Crippen LogP contribution in [0.2, 0.25) is 0 Å². The zero-order valence-corrected chi connectivity index (χ0v) is 11.3. The van der Waals surface area contributed by atoms with Gasteiger partial charge in [0.05, 0.1) is 0 Å². The molecule has 0 saturated carbocycles. The van der Waals surface area contributed by atoms with E-state index in [1.165, 1.54) is 6.07 Å². The molecule has 1 aromatic carbocycles. The lowest BCUT2D eigenvalue weighted by Crippen LogP contribution is -2.34. The van der Waals surface area contributed by atoms with Crippen molar-refractivity contribution in [3.05, 3.63) is 35.6 Å². The van der Waals surface area contributed by atoms with Gasteiger partial charge in [-0.3, -0.25) is 4.79 Å². The first-order valence-corrected chi connectivity index (χ1v) is 6.84. The number of rotatable bonds is 4. The highest BCUT2D eigenvalue weighted by Crippen LogP contribution is 2.20. The number of carbonyl (C=O) groups is 1. The molecule has 4 heteroatoms. The molecule has 1 aliphatic heterocycles. The maximum Gasteiger partial charge on any atom is 0.225 e. The standard InChI is InChI=1S/C15H21FN2O/c1-11(8-13-4-2-3-5-14(13)16)15(19)18-7-6-12(9-17)10-18/h2-5,11-12H,6-10,17H2,1H3. The molecule has 2 unspecified atom stereocenters. The number of nitrogens with two attached hydrogens (primary N) is 1. The van der Waals surface area contributed by atoms with E-state index in [-0.39, 0.29) is 17.6 Å². The van der Waals surface area contributed by atoms with Crippen LogP contribution < -0.4 is 5.73 Å². The second-order valence-corrected chi connectivity index (χ2v) is 5.37. The van der Waals surface area contributed by atoms with Crippen molar-refractivity contribution in [1.29, 1.82) is 0 Å². The smallest absolute Gasteiger partial charge is 0.225 e. The normalized spacial score (nSPS) is 20.6. The Hall–Kier alpha value is -1.42. The van der Waals surface area contributed by atoms with E-state index in [9.17, 15) is 9.18 Å². The zero-order chi connectivity index (χ0) is 13.8. The molecule has 104 valence electrons. The Labute approximate surface area is 113 Å². The van der Waals surface area contributed by atoms with Gasteiger partial charge in [-0.25, -0.2) is 4.39 Å². The predicted octanol–water partition coefficient (Wildman–Crippen LogP) is 1.81. The van der Waals surface area contributed by atoms with E-state index in [1.54, 1.807) is 18.2 Å². The fourth-order valence-corrected chi connectivity index (χ4v) is 2.62. The van der Waals surface area contributed by atoms with Crippen LogP contribution in [0.4, 0.5) is 4.39 Å². The number of carbonyl (C=O) groups excluding carboxylic acids is 1. The Bertz CT molecular complexity index is 450. The molecule has 0 bridgehead atoms. The molecule has 1 fully saturated rings. The molecule has 2 N–H and O–H groups in total. The minimum atomic E-state index is -0.233. The van der Waals surface area contributed by atoms with Gasteiger partial charge in [0.1, 0.15) is 5.82 Å². The van der Waals surface area contributed by atoms with Crippen LogP contribution in [0.25, 0.3) is 0 Å². The molecule has 0 aromatic heterocycles. The summed E-state index contributed by atoms with van der Waals surface area (Å²) in [4.78, 5) is 14.1. The van der Waals surface area contributed by atoms with Gasteiger partial charge in [-0.1, -0.05) is 25.1 Å². The second kappa shape index (κ2) is 6.15. The summed E-state index contributed by atoms with van der Waals surface area (Å²) < 4.78 is 13.6. The summed E-state index contributed by atoms with van der Waals surface area (Å²) in [5.74, 6) is 0.112. The molecule has 19 heavy (non-hydrogen) atoms. The average Bonchev–Trinajstić information content (AvgIpc) is 2.89. The monoisotopic (exact) mass is 264 g/mol. The Kier molecular flexibility index (Phi) is 4.53. The third kappa shape index (κ3) is 3.32. The first kappa shape index (κ1) is 14.0. The van der Waals surface area contributed by atoms with Gasteiger partial charge in [0.2, 0.25) is 5.91 Å². The number of likely N-dealkylation sites (tertiary alicyclic amines) is 1. The summed E-state index contributed by atoms with van der Waals surface area (Å²) in [6.07, 6.45) is 1.43. The van der Waals surface area contributed by atoms with Crippen LogP contribution in [0.1, 0.15) is 18.9 Å². The predicted molar refractivity (Wildman–Crippen MR) is 73.0 cm³/mol. The molecule has 0 aliphatic carbocycles. The summed E-state index contributed by atoms with van der Waals surface area (Å²) in [6.45, 7) is 4.02. The van der Waals surface area contributed by atoms with Gasteiger partial charge in [0.15, 0.2) is 0 Å². The van der Waals surface area contributed by atoms with Gasteiger partial charge in [-0.05, 0) is 36.9 Å². The summed E-state index contributed by atoms with van der Waals surface area (Å²) in [5.41, 5.74) is 6.24. The van der Waals surface area contributed by atoms with Crippen molar-refractivity contribution < 1.29 is 9.18 Å². The Balaban J connectivity index is 1.95. The minimum Gasteiger partial charge on any atom is -0.342 e. The second-order valence-electron chi connectivity index (χ2n) is 5.37. The minimum absolute atomic E-state index is 0.110. The highest BCUT2D eigenvalue weighted by atomic mass is 19.1. The van der Waals surface area contributed by atoms with E-state index in [4.69, 9.17) is 5.73 Å². The first-order chi connectivity index (χ1) is 9.11. The lowest BCUT2D eigenvalue weighted by Gasteiger charge is -2.21. The number of amides is 1. The number of halogens is 1. The van der Waals surface area contributed by atoms with Crippen LogP contribution in [0.5, 0.6) is 0 Å². The number of nitrogens with zero attached hydrogens (tertiary/aromatic N) is 1. The highest BCUT2D eigenvalue weighted by Gasteiger charge is 2.28. The maximum atomic E-state index is 13.6. The number of benzene rings is 1. The van der Waals surface area contributed by atoms with Crippen molar-refractivity contribution in [3.63, 3.8) is 0 Å². The lowest BCUT2D eigenvalue weighted by molar-refractivity contribution is -0.134. The van der Waals surface area contributed by atoms with E-state index >= 15 is 0 Å². The molecule has 2 atom stereocenters. The molecule has 3 nitrogen and oxygen atoms in total. The quantitative estimate of drug-likeness (QED) is 0.901.